The van der Waals surface area contributed by atoms with Crippen LogP contribution in [0.15, 0.2) is 17.1 Å². The lowest BCUT2D eigenvalue weighted by Crippen LogP contribution is -2.39. The molecule has 1 aliphatic heterocycles. The first-order chi connectivity index (χ1) is 14.1. The smallest absolute Gasteiger partial charge is 0.203 e. The summed E-state index contributed by atoms with van der Waals surface area (Å²) in [6.45, 7) is 9.97. The Balaban J connectivity index is 1.81. The SMILES string of the molecule is CCOc1c(OC)cc(CNC(=NC)NCCCN2CCC(C)CC2)cc1OC. The molecule has 0 atom stereocenters. The zero-order valence-electron chi connectivity index (χ0n) is 18.7. The van der Waals surface area contributed by atoms with Crippen LogP contribution < -0.4 is 24.8 Å². The summed E-state index contributed by atoms with van der Waals surface area (Å²) in [6, 6.07) is 3.93. The standard InChI is InChI=1S/C22H38N4O3/c1-6-29-21-19(27-4)14-18(15-20(21)28-5)16-25-22(23-3)24-10-7-11-26-12-8-17(2)9-13-26/h14-15,17H,6-13,16H2,1-5H3,(H2,23,24,25). The van der Waals surface area contributed by atoms with Crippen LogP contribution in [0.1, 0.15) is 38.7 Å². The molecule has 0 bridgehead atoms. The number of ether oxygens (including phenoxy) is 3. The van der Waals surface area contributed by atoms with Crippen LogP contribution >= 0.6 is 0 Å². The van der Waals surface area contributed by atoms with E-state index in [0.29, 0.717) is 30.4 Å². The molecule has 0 spiro atoms. The second-order valence-electron chi connectivity index (χ2n) is 7.49. The lowest BCUT2D eigenvalue weighted by atomic mass is 9.99. The Morgan fingerprint density at radius 2 is 1.79 bits per heavy atom. The molecule has 29 heavy (non-hydrogen) atoms. The van der Waals surface area contributed by atoms with Crippen molar-refractivity contribution in [1.29, 1.82) is 0 Å². The van der Waals surface area contributed by atoms with Crippen LogP contribution in [0, 0.1) is 5.92 Å². The van der Waals surface area contributed by atoms with Gasteiger partial charge in [-0.1, -0.05) is 6.92 Å². The highest BCUT2D eigenvalue weighted by atomic mass is 16.5. The number of hydrogen-bond acceptors (Lipinski definition) is 5. The molecular formula is C22H38N4O3. The van der Waals surface area contributed by atoms with Crippen molar-refractivity contribution in [1.82, 2.24) is 15.5 Å². The Kier molecular flexibility index (Phi) is 9.91. The summed E-state index contributed by atoms with van der Waals surface area (Å²) in [5.74, 6) is 3.65. The van der Waals surface area contributed by atoms with Gasteiger partial charge in [0.15, 0.2) is 17.5 Å². The molecule has 1 heterocycles. The van der Waals surface area contributed by atoms with E-state index in [2.05, 4.69) is 27.4 Å². The first-order valence-corrected chi connectivity index (χ1v) is 10.7. The van der Waals surface area contributed by atoms with Crippen LogP contribution in [-0.2, 0) is 6.54 Å². The summed E-state index contributed by atoms with van der Waals surface area (Å²) in [6.07, 6.45) is 3.76. The number of hydrogen-bond donors (Lipinski definition) is 2. The normalized spacial score (nSPS) is 15.8. The van der Waals surface area contributed by atoms with Gasteiger partial charge in [0.1, 0.15) is 0 Å². The molecule has 1 aromatic rings. The van der Waals surface area contributed by atoms with E-state index in [1.807, 2.05) is 19.1 Å². The van der Waals surface area contributed by atoms with E-state index >= 15 is 0 Å². The van der Waals surface area contributed by atoms with Gasteiger partial charge in [0.2, 0.25) is 5.75 Å². The minimum absolute atomic E-state index is 0.553. The van der Waals surface area contributed by atoms with Crippen LogP contribution in [0.25, 0.3) is 0 Å². The van der Waals surface area contributed by atoms with Gasteiger partial charge >= 0.3 is 0 Å². The van der Waals surface area contributed by atoms with Gasteiger partial charge in [0.05, 0.1) is 20.8 Å². The number of methoxy groups -OCH3 is 2. The summed E-state index contributed by atoms with van der Waals surface area (Å²) in [7, 11) is 5.07. The third-order valence-corrected chi connectivity index (χ3v) is 5.31. The van der Waals surface area contributed by atoms with Crippen molar-refractivity contribution < 1.29 is 14.2 Å². The monoisotopic (exact) mass is 406 g/mol. The first kappa shape index (κ1) is 23.1. The molecular weight excluding hydrogens is 368 g/mol. The predicted octanol–water partition coefficient (Wildman–Crippen LogP) is 2.89. The van der Waals surface area contributed by atoms with Gasteiger partial charge in [0.25, 0.3) is 0 Å². The lowest BCUT2D eigenvalue weighted by Gasteiger charge is -2.30. The molecule has 1 saturated heterocycles. The molecule has 1 fully saturated rings. The van der Waals surface area contributed by atoms with E-state index in [1.54, 1.807) is 21.3 Å². The fourth-order valence-electron chi connectivity index (χ4n) is 3.52. The van der Waals surface area contributed by atoms with E-state index in [4.69, 9.17) is 14.2 Å². The maximum absolute atomic E-state index is 5.66. The summed E-state index contributed by atoms with van der Waals surface area (Å²) in [5, 5.41) is 6.76. The molecule has 0 amide bonds. The summed E-state index contributed by atoms with van der Waals surface area (Å²) in [4.78, 5) is 6.89. The number of nitrogens with one attached hydrogen (secondary N) is 2. The number of nitrogens with zero attached hydrogens (tertiary/aromatic N) is 2. The van der Waals surface area contributed by atoms with Crippen LogP contribution in [0.5, 0.6) is 17.2 Å². The van der Waals surface area contributed by atoms with Gasteiger partial charge in [-0.05, 0) is 69.4 Å². The molecule has 0 saturated carbocycles. The number of aliphatic imine (C=N–C) groups is 1. The van der Waals surface area contributed by atoms with Gasteiger partial charge in [-0.3, -0.25) is 4.99 Å². The van der Waals surface area contributed by atoms with Crippen LogP contribution in [0.4, 0.5) is 0 Å². The van der Waals surface area contributed by atoms with Gasteiger partial charge < -0.3 is 29.7 Å². The number of likely N-dealkylation sites (tertiary alicyclic amines) is 1. The van der Waals surface area contributed by atoms with Gasteiger partial charge in [-0.15, -0.1) is 0 Å². The Hall–Kier alpha value is -2.15. The number of guanidine groups is 1. The molecule has 7 nitrogen and oxygen atoms in total. The molecule has 164 valence electrons. The van der Waals surface area contributed by atoms with Crippen molar-refractivity contribution >= 4 is 5.96 Å². The van der Waals surface area contributed by atoms with Crippen LogP contribution in [-0.4, -0.2) is 64.9 Å². The summed E-state index contributed by atoms with van der Waals surface area (Å²) < 4.78 is 16.6. The summed E-state index contributed by atoms with van der Waals surface area (Å²) >= 11 is 0. The Labute approximate surface area is 175 Å². The number of piperidine rings is 1. The van der Waals surface area contributed by atoms with Crippen molar-refractivity contribution in [3.8, 4) is 17.2 Å². The minimum Gasteiger partial charge on any atom is -0.493 e. The second-order valence-corrected chi connectivity index (χ2v) is 7.49. The maximum atomic E-state index is 5.66. The Morgan fingerprint density at radius 1 is 1.14 bits per heavy atom. The summed E-state index contributed by atoms with van der Waals surface area (Å²) in [5.41, 5.74) is 1.03. The van der Waals surface area contributed by atoms with Crippen LogP contribution in [0.2, 0.25) is 0 Å². The molecule has 2 N–H and O–H groups in total. The second kappa shape index (κ2) is 12.4. The van der Waals surface area contributed by atoms with Crippen molar-refractivity contribution in [2.75, 3.05) is 54.1 Å². The van der Waals surface area contributed by atoms with Crippen molar-refractivity contribution in [3.63, 3.8) is 0 Å². The topological polar surface area (TPSA) is 67.4 Å². The molecule has 0 unspecified atom stereocenters. The molecule has 1 aliphatic rings. The Morgan fingerprint density at radius 3 is 2.34 bits per heavy atom. The molecule has 7 heteroatoms. The van der Waals surface area contributed by atoms with Gasteiger partial charge in [-0.2, -0.15) is 0 Å². The minimum atomic E-state index is 0.553. The molecule has 1 aromatic carbocycles. The highest BCUT2D eigenvalue weighted by Gasteiger charge is 2.15. The highest BCUT2D eigenvalue weighted by molar-refractivity contribution is 5.79. The zero-order valence-corrected chi connectivity index (χ0v) is 18.7. The van der Waals surface area contributed by atoms with E-state index in [9.17, 15) is 0 Å². The average Bonchev–Trinajstić information content (AvgIpc) is 2.75. The van der Waals surface area contributed by atoms with E-state index < -0.39 is 0 Å². The van der Waals surface area contributed by atoms with E-state index in [-0.39, 0.29) is 0 Å². The van der Waals surface area contributed by atoms with Crippen LogP contribution in [0.3, 0.4) is 0 Å². The highest BCUT2D eigenvalue weighted by Crippen LogP contribution is 2.38. The fraction of sp³-hybridized carbons (Fsp3) is 0.682. The zero-order chi connectivity index (χ0) is 21.1. The Bertz CT molecular complexity index is 618. The van der Waals surface area contributed by atoms with E-state index in [1.165, 1.54) is 25.9 Å². The van der Waals surface area contributed by atoms with Crippen molar-refractivity contribution in [2.24, 2.45) is 10.9 Å². The molecule has 0 radical (unpaired) electrons. The molecule has 0 aliphatic carbocycles. The van der Waals surface area contributed by atoms with E-state index in [0.717, 1.165) is 37.0 Å². The first-order valence-electron chi connectivity index (χ1n) is 10.7. The average molecular weight is 407 g/mol. The largest absolute Gasteiger partial charge is 0.493 e. The van der Waals surface area contributed by atoms with Gasteiger partial charge in [-0.25, -0.2) is 0 Å². The third kappa shape index (κ3) is 7.31. The molecule has 0 aromatic heterocycles. The van der Waals surface area contributed by atoms with Gasteiger partial charge in [0, 0.05) is 20.1 Å². The predicted molar refractivity (Wildman–Crippen MR) is 118 cm³/mol. The lowest BCUT2D eigenvalue weighted by molar-refractivity contribution is 0.191. The fourth-order valence-corrected chi connectivity index (χ4v) is 3.52. The molecule has 2 rings (SSSR count). The number of rotatable bonds is 10. The van der Waals surface area contributed by atoms with Crippen molar-refractivity contribution in [2.45, 2.75) is 39.7 Å². The third-order valence-electron chi connectivity index (χ3n) is 5.31. The maximum Gasteiger partial charge on any atom is 0.203 e. The number of benzene rings is 1. The van der Waals surface area contributed by atoms with Crippen molar-refractivity contribution in [3.05, 3.63) is 17.7 Å². The quantitative estimate of drug-likeness (QED) is 0.354.